The zero-order chi connectivity index (χ0) is 15.0. The van der Waals surface area contributed by atoms with Gasteiger partial charge >= 0.3 is 0 Å². The Morgan fingerprint density at radius 1 is 0.900 bits per heavy atom. The Hall–Kier alpha value is -1.32. The second kappa shape index (κ2) is 8.77. The van der Waals surface area contributed by atoms with Crippen molar-refractivity contribution in [2.75, 3.05) is 0 Å². The third-order valence-corrected chi connectivity index (χ3v) is 3.29. The first kappa shape index (κ1) is 16.7. The van der Waals surface area contributed by atoms with E-state index >= 15 is 0 Å². The molecule has 1 rings (SSSR count). The highest BCUT2D eigenvalue weighted by atomic mass is 19.1. The Morgan fingerprint density at radius 2 is 1.40 bits per heavy atom. The fourth-order valence-corrected chi connectivity index (χ4v) is 2.18. The van der Waals surface area contributed by atoms with E-state index in [0.717, 1.165) is 19.3 Å². The summed E-state index contributed by atoms with van der Waals surface area (Å²) in [6.45, 7) is 2.14. The van der Waals surface area contributed by atoms with Crippen LogP contribution in [0.4, 0.5) is 13.2 Å². The Bertz CT molecular complexity index is 420. The zero-order valence-corrected chi connectivity index (χ0v) is 11.9. The number of hydrogen-bond donors (Lipinski definition) is 0. The molecule has 0 aromatic heterocycles. The Labute approximate surface area is 118 Å². The number of rotatable bonds is 9. The molecular weight excluding hydrogens is 265 g/mol. The topological polar surface area (TPSA) is 17.1 Å². The van der Waals surface area contributed by atoms with Gasteiger partial charge in [-0.25, -0.2) is 13.2 Å². The molecule has 0 amide bonds. The molecule has 0 aliphatic rings. The van der Waals surface area contributed by atoms with Crippen LogP contribution in [0.15, 0.2) is 12.1 Å². The average molecular weight is 286 g/mol. The lowest BCUT2D eigenvalue weighted by Gasteiger charge is -2.05. The summed E-state index contributed by atoms with van der Waals surface area (Å²) in [5.41, 5.74) is -0.614. The first-order chi connectivity index (χ1) is 9.56. The molecule has 0 aliphatic carbocycles. The number of benzene rings is 1. The lowest BCUT2D eigenvalue weighted by Crippen LogP contribution is -2.06. The van der Waals surface area contributed by atoms with Gasteiger partial charge in [0.15, 0.2) is 5.78 Å². The molecule has 0 N–H and O–H groups in total. The molecule has 0 atom stereocenters. The van der Waals surface area contributed by atoms with Gasteiger partial charge in [-0.3, -0.25) is 4.79 Å². The van der Waals surface area contributed by atoms with E-state index in [1.54, 1.807) is 0 Å². The molecule has 0 saturated carbocycles. The summed E-state index contributed by atoms with van der Waals surface area (Å²) in [7, 11) is 0. The van der Waals surface area contributed by atoms with Gasteiger partial charge in [0, 0.05) is 18.6 Å². The van der Waals surface area contributed by atoms with Crippen molar-refractivity contribution >= 4 is 5.78 Å². The van der Waals surface area contributed by atoms with E-state index in [1.165, 1.54) is 19.3 Å². The van der Waals surface area contributed by atoms with E-state index in [4.69, 9.17) is 0 Å². The first-order valence-electron chi connectivity index (χ1n) is 7.24. The second-order valence-corrected chi connectivity index (χ2v) is 5.04. The minimum Gasteiger partial charge on any atom is -0.294 e. The van der Waals surface area contributed by atoms with Crippen LogP contribution in [0.1, 0.15) is 68.6 Å². The van der Waals surface area contributed by atoms with Crippen molar-refractivity contribution in [2.24, 2.45) is 0 Å². The normalized spacial score (nSPS) is 10.8. The highest BCUT2D eigenvalue weighted by Gasteiger charge is 2.18. The molecule has 1 aromatic rings. The van der Waals surface area contributed by atoms with Gasteiger partial charge < -0.3 is 0 Å². The lowest BCUT2D eigenvalue weighted by atomic mass is 10.0. The van der Waals surface area contributed by atoms with Crippen LogP contribution < -0.4 is 0 Å². The maximum Gasteiger partial charge on any atom is 0.168 e. The number of Topliss-reactive ketones (excluding diaryl/α,β-unsaturated/α-hetero) is 1. The second-order valence-electron chi connectivity index (χ2n) is 5.04. The van der Waals surface area contributed by atoms with Crippen LogP contribution in [0.2, 0.25) is 0 Å². The number of unbranched alkanes of at least 4 members (excludes halogenated alkanes) is 6. The summed E-state index contributed by atoms with van der Waals surface area (Å²) in [6.07, 6.45) is 7.33. The van der Waals surface area contributed by atoms with Gasteiger partial charge in [0.25, 0.3) is 0 Å². The molecule has 0 radical (unpaired) electrons. The Balaban J connectivity index is 2.37. The molecule has 20 heavy (non-hydrogen) atoms. The molecule has 4 heteroatoms. The van der Waals surface area contributed by atoms with Gasteiger partial charge in [-0.1, -0.05) is 45.4 Å². The highest BCUT2D eigenvalue weighted by molar-refractivity contribution is 5.96. The van der Waals surface area contributed by atoms with E-state index in [-0.39, 0.29) is 6.42 Å². The SMILES string of the molecule is CCCCCCCCCC(=O)c1c(F)cc(F)cc1F. The van der Waals surface area contributed by atoms with E-state index < -0.39 is 28.8 Å². The molecule has 0 bridgehead atoms. The van der Waals surface area contributed by atoms with Crippen LogP contribution in [-0.2, 0) is 0 Å². The van der Waals surface area contributed by atoms with Crippen molar-refractivity contribution in [1.29, 1.82) is 0 Å². The van der Waals surface area contributed by atoms with E-state index in [2.05, 4.69) is 6.92 Å². The van der Waals surface area contributed by atoms with Gasteiger partial charge in [0.1, 0.15) is 17.5 Å². The van der Waals surface area contributed by atoms with E-state index in [1.807, 2.05) is 0 Å². The van der Waals surface area contributed by atoms with Crippen molar-refractivity contribution in [3.8, 4) is 0 Å². The molecule has 0 heterocycles. The summed E-state index contributed by atoms with van der Waals surface area (Å²) in [6, 6.07) is 1.09. The number of carbonyl (C=O) groups excluding carboxylic acids is 1. The molecule has 112 valence electrons. The maximum atomic E-state index is 13.4. The fraction of sp³-hybridized carbons (Fsp3) is 0.562. The van der Waals surface area contributed by atoms with E-state index in [9.17, 15) is 18.0 Å². The van der Waals surface area contributed by atoms with Crippen LogP contribution in [0.25, 0.3) is 0 Å². The van der Waals surface area contributed by atoms with Crippen LogP contribution in [-0.4, -0.2) is 5.78 Å². The average Bonchev–Trinajstić information content (AvgIpc) is 2.36. The van der Waals surface area contributed by atoms with Crippen LogP contribution >= 0.6 is 0 Å². The predicted octanol–water partition coefficient (Wildman–Crippen LogP) is 5.43. The quantitative estimate of drug-likeness (QED) is 0.437. The summed E-state index contributed by atoms with van der Waals surface area (Å²) in [5, 5.41) is 0. The number of halogens is 3. The van der Waals surface area contributed by atoms with Crippen LogP contribution in [0.3, 0.4) is 0 Å². The summed E-state index contributed by atoms with van der Waals surface area (Å²) >= 11 is 0. The molecule has 0 saturated heterocycles. The van der Waals surface area contributed by atoms with Gasteiger partial charge in [-0.05, 0) is 6.42 Å². The van der Waals surface area contributed by atoms with Crippen molar-refractivity contribution in [3.63, 3.8) is 0 Å². The molecule has 0 fully saturated rings. The third-order valence-electron chi connectivity index (χ3n) is 3.29. The number of carbonyl (C=O) groups is 1. The Kier molecular flexibility index (Phi) is 7.34. The molecule has 1 nitrogen and oxygen atoms in total. The van der Waals surface area contributed by atoms with Crippen molar-refractivity contribution in [2.45, 2.75) is 58.3 Å². The van der Waals surface area contributed by atoms with Gasteiger partial charge in [0.2, 0.25) is 0 Å². The fourth-order valence-electron chi connectivity index (χ4n) is 2.18. The lowest BCUT2D eigenvalue weighted by molar-refractivity contribution is 0.0970. The standard InChI is InChI=1S/C16H21F3O/c1-2-3-4-5-6-7-8-9-15(20)16-13(18)10-12(17)11-14(16)19/h10-11H,2-9H2,1H3. The minimum absolute atomic E-state index is 0.104. The molecule has 0 unspecified atom stereocenters. The highest BCUT2D eigenvalue weighted by Crippen LogP contribution is 2.18. The zero-order valence-electron chi connectivity index (χ0n) is 11.9. The number of ketones is 1. The van der Waals surface area contributed by atoms with Crippen LogP contribution in [0, 0.1) is 17.5 Å². The summed E-state index contributed by atoms with van der Waals surface area (Å²) < 4.78 is 39.5. The smallest absolute Gasteiger partial charge is 0.168 e. The minimum atomic E-state index is -1.12. The molecule has 0 aliphatic heterocycles. The van der Waals surface area contributed by atoms with Gasteiger partial charge in [0.05, 0.1) is 5.56 Å². The number of hydrogen-bond acceptors (Lipinski definition) is 1. The third kappa shape index (κ3) is 5.35. The van der Waals surface area contributed by atoms with Crippen molar-refractivity contribution in [3.05, 3.63) is 35.1 Å². The van der Waals surface area contributed by atoms with Crippen molar-refractivity contribution in [1.82, 2.24) is 0 Å². The molecule has 0 spiro atoms. The van der Waals surface area contributed by atoms with E-state index in [0.29, 0.717) is 18.6 Å². The first-order valence-corrected chi connectivity index (χ1v) is 7.24. The summed E-state index contributed by atoms with van der Waals surface area (Å²) in [5.74, 6) is -3.83. The molecule has 1 aromatic carbocycles. The largest absolute Gasteiger partial charge is 0.294 e. The molecular formula is C16H21F3O. The summed E-state index contributed by atoms with van der Waals surface area (Å²) in [4.78, 5) is 11.7. The monoisotopic (exact) mass is 286 g/mol. The van der Waals surface area contributed by atoms with Gasteiger partial charge in [-0.15, -0.1) is 0 Å². The Morgan fingerprint density at radius 3 is 1.95 bits per heavy atom. The predicted molar refractivity (Wildman–Crippen MR) is 73.3 cm³/mol. The van der Waals surface area contributed by atoms with Gasteiger partial charge in [-0.2, -0.15) is 0 Å². The maximum absolute atomic E-state index is 13.4. The van der Waals surface area contributed by atoms with Crippen molar-refractivity contribution < 1.29 is 18.0 Å². The van der Waals surface area contributed by atoms with Crippen LogP contribution in [0.5, 0.6) is 0 Å².